The minimum atomic E-state index is -0.0410. The number of hydrogen-bond donors (Lipinski definition) is 1. The Morgan fingerprint density at radius 1 is 1.40 bits per heavy atom. The van der Waals surface area contributed by atoms with E-state index in [2.05, 4.69) is 10.3 Å². The van der Waals surface area contributed by atoms with Crippen molar-refractivity contribution in [3.8, 4) is 0 Å². The van der Waals surface area contributed by atoms with Crippen LogP contribution in [0, 0.1) is 11.8 Å². The van der Waals surface area contributed by atoms with E-state index < -0.39 is 0 Å². The molecular formula is C15H24ClN3O. The zero-order chi connectivity index (χ0) is 14.5. The van der Waals surface area contributed by atoms with Crippen LogP contribution < -0.4 is 10.9 Å². The van der Waals surface area contributed by atoms with E-state index in [0.29, 0.717) is 23.5 Å². The van der Waals surface area contributed by atoms with Crippen molar-refractivity contribution in [3.05, 3.63) is 22.7 Å². The van der Waals surface area contributed by atoms with Gasteiger partial charge in [-0.25, -0.2) is 4.98 Å². The standard InChI is InChI=1S/C15H24ClN3O/c1-11(2)19-8-7-17-14(15(19)20)18-10-13-6-4-3-5-12(13)9-16/h7-8,11-13H,3-6,9-10H2,1-2H3,(H,17,18). The Balaban J connectivity index is 2.03. The highest BCUT2D eigenvalue weighted by Crippen LogP contribution is 2.30. The quantitative estimate of drug-likeness (QED) is 0.849. The molecule has 0 aromatic carbocycles. The zero-order valence-electron chi connectivity index (χ0n) is 12.3. The number of nitrogens with zero attached hydrogens (tertiary/aromatic N) is 2. The van der Waals surface area contributed by atoms with Crippen LogP contribution in [0.25, 0.3) is 0 Å². The van der Waals surface area contributed by atoms with Crippen molar-refractivity contribution >= 4 is 17.4 Å². The normalized spacial score (nSPS) is 23.0. The molecule has 1 heterocycles. The molecule has 2 unspecified atom stereocenters. The first-order valence-electron chi connectivity index (χ1n) is 7.50. The van der Waals surface area contributed by atoms with Gasteiger partial charge in [-0.3, -0.25) is 4.79 Å². The van der Waals surface area contributed by atoms with Crippen LogP contribution in [0.1, 0.15) is 45.6 Å². The van der Waals surface area contributed by atoms with Crippen LogP contribution in [-0.4, -0.2) is 22.0 Å². The van der Waals surface area contributed by atoms with Crippen LogP contribution >= 0.6 is 11.6 Å². The Morgan fingerprint density at radius 2 is 2.10 bits per heavy atom. The number of anilines is 1. The van der Waals surface area contributed by atoms with Crippen molar-refractivity contribution in [1.29, 1.82) is 0 Å². The average Bonchev–Trinajstić information content (AvgIpc) is 2.46. The predicted octanol–water partition coefficient (Wildman–Crippen LogP) is 3.28. The van der Waals surface area contributed by atoms with Gasteiger partial charge in [0.2, 0.25) is 0 Å². The van der Waals surface area contributed by atoms with Crippen molar-refractivity contribution in [3.63, 3.8) is 0 Å². The molecule has 0 amide bonds. The predicted molar refractivity (Wildman–Crippen MR) is 83.5 cm³/mol. The summed E-state index contributed by atoms with van der Waals surface area (Å²) in [6, 6.07) is 0.149. The molecule has 0 aliphatic heterocycles. The van der Waals surface area contributed by atoms with Crippen LogP contribution in [0.15, 0.2) is 17.2 Å². The first-order valence-corrected chi connectivity index (χ1v) is 8.04. The van der Waals surface area contributed by atoms with Crippen molar-refractivity contribution < 1.29 is 0 Å². The van der Waals surface area contributed by atoms with Gasteiger partial charge in [-0.05, 0) is 38.5 Å². The first kappa shape index (κ1) is 15.4. The first-order chi connectivity index (χ1) is 9.63. The lowest BCUT2D eigenvalue weighted by molar-refractivity contribution is 0.271. The molecule has 0 radical (unpaired) electrons. The molecule has 1 aromatic rings. The van der Waals surface area contributed by atoms with Crippen LogP contribution in [-0.2, 0) is 0 Å². The molecule has 1 saturated carbocycles. The third-order valence-corrected chi connectivity index (χ3v) is 4.62. The smallest absolute Gasteiger partial charge is 0.293 e. The number of rotatable bonds is 5. The Kier molecular flexibility index (Phi) is 5.46. The SMILES string of the molecule is CC(C)n1ccnc(NCC2CCCCC2CCl)c1=O. The Bertz CT molecular complexity index is 486. The molecule has 0 spiro atoms. The number of halogens is 1. The fourth-order valence-corrected chi connectivity index (χ4v) is 3.34. The van der Waals surface area contributed by atoms with Gasteiger partial charge in [-0.15, -0.1) is 11.6 Å². The van der Waals surface area contributed by atoms with Gasteiger partial charge in [-0.2, -0.15) is 0 Å². The summed E-state index contributed by atoms with van der Waals surface area (Å²) in [4.78, 5) is 16.4. The van der Waals surface area contributed by atoms with Gasteiger partial charge in [-0.1, -0.05) is 12.8 Å². The molecule has 112 valence electrons. The van der Waals surface area contributed by atoms with E-state index in [0.717, 1.165) is 6.54 Å². The summed E-state index contributed by atoms with van der Waals surface area (Å²) in [7, 11) is 0. The molecule has 5 heteroatoms. The fourth-order valence-electron chi connectivity index (χ4n) is 2.94. The second-order valence-electron chi connectivity index (χ2n) is 5.92. The Labute approximate surface area is 125 Å². The third kappa shape index (κ3) is 3.54. The molecule has 2 atom stereocenters. The lowest BCUT2D eigenvalue weighted by Crippen LogP contribution is -2.31. The molecular weight excluding hydrogens is 274 g/mol. The molecule has 2 rings (SSSR count). The number of nitrogens with one attached hydrogen (secondary N) is 1. The van der Waals surface area contributed by atoms with Crippen LogP contribution in [0.2, 0.25) is 0 Å². The van der Waals surface area contributed by atoms with Gasteiger partial charge >= 0.3 is 0 Å². The van der Waals surface area contributed by atoms with E-state index >= 15 is 0 Å². The molecule has 20 heavy (non-hydrogen) atoms. The summed E-state index contributed by atoms with van der Waals surface area (Å²) >= 11 is 6.05. The number of alkyl halides is 1. The number of aromatic nitrogens is 2. The van der Waals surface area contributed by atoms with Gasteiger partial charge < -0.3 is 9.88 Å². The second-order valence-corrected chi connectivity index (χ2v) is 6.23. The minimum Gasteiger partial charge on any atom is -0.365 e. The highest BCUT2D eigenvalue weighted by Gasteiger charge is 2.24. The van der Waals surface area contributed by atoms with E-state index in [4.69, 9.17) is 11.6 Å². The maximum Gasteiger partial charge on any atom is 0.293 e. The molecule has 1 fully saturated rings. The minimum absolute atomic E-state index is 0.0410. The summed E-state index contributed by atoms with van der Waals surface area (Å²) in [6.45, 7) is 4.79. The summed E-state index contributed by atoms with van der Waals surface area (Å²) in [5, 5.41) is 3.24. The van der Waals surface area contributed by atoms with E-state index in [9.17, 15) is 4.79 Å². The van der Waals surface area contributed by atoms with Gasteiger partial charge in [0.25, 0.3) is 5.56 Å². The monoisotopic (exact) mass is 297 g/mol. The summed E-state index contributed by atoms with van der Waals surface area (Å²) < 4.78 is 1.70. The Morgan fingerprint density at radius 3 is 2.75 bits per heavy atom. The van der Waals surface area contributed by atoms with E-state index in [1.54, 1.807) is 17.0 Å². The van der Waals surface area contributed by atoms with Crippen molar-refractivity contribution in [2.24, 2.45) is 11.8 Å². The molecule has 1 N–H and O–H groups in total. The highest BCUT2D eigenvalue weighted by molar-refractivity contribution is 6.18. The molecule has 1 aliphatic rings. The van der Waals surface area contributed by atoms with Gasteiger partial charge in [0, 0.05) is 30.9 Å². The van der Waals surface area contributed by atoms with Crippen LogP contribution in [0.5, 0.6) is 0 Å². The highest BCUT2D eigenvalue weighted by atomic mass is 35.5. The average molecular weight is 298 g/mol. The molecule has 4 nitrogen and oxygen atoms in total. The topological polar surface area (TPSA) is 46.9 Å². The Hall–Kier alpha value is -1.03. The molecule has 1 aliphatic carbocycles. The second kappa shape index (κ2) is 7.11. The number of hydrogen-bond acceptors (Lipinski definition) is 3. The zero-order valence-corrected chi connectivity index (χ0v) is 13.1. The van der Waals surface area contributed by atoms with Gasteiger partial charge in [0.15, 0.2) is 5.82 Å². The van der Waals surface area contributed by atoms with E-state index in [-0.39, 0.29) is 11.6 Å². The maximum absolute atomic E-state index is 12.2. The molecule has 0 saturated heterocycles. The third-order valence-electron chi connectivity index (χ3n) is 4.22. The van der Waals surface area contributed by atoms with Crippen LogP contribution in [0.4, 0.5) is 5.82 Å². The lowest BCUT2D eigenvalue weighted by atomic mass is 9.80. The fraction of sp³-hybridized carbons (Fsp3) is 0.733. The van der Waals surface area contributed by atoms with Gasteiger partial charge in [0.1, 0.15) is 0 Å². The van der Waals surface area contributed by atoms with Crippen molar-refractivity contribution in [1.82, 2.24) is 9.55 Å². The maximum atomic E-state index is 12.2. The lowest BCUT2D eigenvalue weighted by Gasteiger charge is -2.30. The largest absolute Gasteiger partial charge is 0.365 e. The summed E-state index contributed by atoms with van der Waals surface area (Å²) in [6.07, 6.45) is 8.35. The van der Waals surface area contributed by atoms with Crippen molar-refractivity contribution in [2.75, 3.05) is 17.7 Å². The molecule has 1 aromatic heterocycles. The summed E-state index contributed by atoms with van der Waals surface area (Å²) in [5.41, 5.74) is -0.0410. The van der Waals surface area contributed by atoms with Crippen LogP contribution in [0.3, 0.4) is 0 Å². The summed E-state index contributed by atoms with van der Waals surface area (Å²) in [5.74, 6) is 2.29. The van der Waals surface area contributed by atoms with E-state index in [1.165, 1.54) is 25.7 Å². The van der Waals surface area contributed by atoms with Gasteiger partial charge in [0.05, 0.1) is 0 Å². The molecule has 0 bridgehead atoms. The van der Waals surface area contributed by atoms with E-state index in [1.807, 2.05) is 13.8 Å². The van der Waals surface area contributed by atoms with Crippen molar-refractivity contribution in [2.45, 2.75) is 45.6 Å².